The summed E-state index contributed by atoms with van der Waals surface area (Å²) in [5.41, 5.74) is 2.76. The van der Waals surface area contributed by atoms with Gasteiger partial charge in [-0.2, -0.15) is 0 Å². The Morgan fingerprint density at radius 3 is 2.77 bits per heavy atom. The van der Waals surface area contributed by atoms with Crippen LogP contribution in [0.15, 0.2) is 18.2 Å². The summed E-state index contributed by atoms with van der Waals surface area (Å²) in [4.78, 5) is 12.1. The van der Waals surface area contributed by atoms with Gasteiger partial charge in [-0.15, -0.1) is 0 Å². The van der Waals surface area contributed by atoms with E-state index in [1.807, 2.05) is 45.9 Å². The summed E-state index contributed by atoms with van der Waals surface area (Å²) in [6, 6.07) is 5.75. The number of carbonyl (C=O) groups excluding carboxylic acids is 1. The Bertz CT molecular complexity index is 578. The fourth-order valence-electron chi connectivity index (χ4n) is 2.68. The summed E-state index contributed by atoms with van der Waals surface area (Å²) >= 11 is 0. The quantitative estimate of drug-likeness (QED) is 0.865. The first kappa shape index (κ1) is 17.2. The minimum absolute atomic E-state index is 0.0261. The van der Waals surface area contributed by atoms with E-state index in [2.05, 4.69) is 4.72 Å². The highest BCUT2D eigenvalue weighted by Gasteiger charge is 2.28. The van der Waals surface area contributed by atoms with E-state index in [0.29, 0.717) is 12.2 Å². The van der Waals surface area contributed by atoms with Crippen LogP contribution < -0.4 is 4.72 Å². The van der Waals surface area contributed by atoms with Crippen molar-refractivity contribution in [1.29, 1.82) is 0 Å². The van der Waals surface area contributed by atoms with Crippen molar-refractivity contribution >= 4 is 17.0 Å². The summed E-state index contributed by atoms with van der Waals surface area (Å²) in [7, 11) is -1.13. The molecule has 4 nitrogen and oxygen atoms in total. The molecule has 0 spiro atoms. The van der Waals surface area contributed by atoms with Gasteiger partial charge in [-0.25, -0.2) is 13.7 Å². The van der Waals surface area contributed by atoms with Gasteiger partial charge >= 0.3 is 5.97 Å². The first-order valence-electron chi connectivity index (χ1n) is 7.81. The average Bonchev–Trinajstić information content (AvgIpc) is 2.46. The van der Waals surface area contributed by atoms with E-state index in [1.54, 1.807) is 0 Å². The second-order valence-electron chi connectivity index (χ2n) is 6.54. The number of hydrogen-bond acceptors (Lipinski definition) is 3. The van der Waals surface area contributed by atoms with Gasteiger partial charge in [0, 0.05) is 6.04 Å². The lowest BCUT2D eigenvalue weighted by atomic mass is 9.85. The molecule has 0 radical (unpaired) electrons. The number of rotatable bonds is 4. The number of ether oxygens (including phenoxy) is 1. The van der Waals surface area contributed by atoms with Crippen LogP contribution in [0.5, 0.6) is 0 Å². The Morgan fingerprint density at radius 1 is 1.41 bits per heavy atom. The van der Waals surface area contributed by atoms with Crippen molar-refractivity contribution < 1.29 is 13.7 Å². The third kappa shape index (κ3) is 3.76. The lowest BCUT2D eigenvalue weighted by Gasteiger charge is -2.30. The van der Waals surface area contributed by atoms with E-state index >= 15 is 0 Å². The smallest absolute Gasteiger partial charge is 0.338 e. The van der Waals surface area contributed by atoms with E-state index in [1.165, 1.54) is 0 Å². The third-order valence-corrected chi connectivity index (χ3v) is 5.42. The number of nitrogens with one attached hydrogen (secondary N) is 1. The van der Waals surface area contributed by atoms with Gasteiger partial charge < -0.3 is 4.74 Å². The molecule has 0 bridgehead atoms. The summed E-state index contributed by atoms with van der Waals surface area (Å²) in [5, 5.41) is 0. The summed E-state index contributed by atoms with van der Waals surface area (Å²) < 4.78 is 20.4. The summed E-state index contributed by atoms with van der Waals surface area (Å²) in [6.45, 7) is 8.04. The molecule has 22 heavy (non-hydrogen) atoms. The second kappa shape index (κ2) is 6.92. The number of esters is 1. The molecule has 5 heteroatoms. The highest BCUT2D eigenvalue weighted by molar-refractivity contribution is 7.84. The maximum Gasteiger partial charge on any atom is 0.338 e. The standard InChI is InChI=1S/C17H25NO3S/c1-5-21-16(19)14-10-6-9-13-12(14)8-7-11-15(13)18-22(20)17(2,3)4/h6,9-10,15,18H,5,7-8,11H2,1-4H3/t15-,22+/m0/s1. The van der Waals surface area contributed by atoms with Gasteiger partial charge in [0.15, 0.2) is 0 Å². The molecule has 1 aliphatic rings. The molecule has 0 heterocycles. The number of benzene rings is 1. The fourth-order valence-corrected chi connectivity index (χ4v) is 3.53. The van der Waals surface area contributed by atoms with Crippen molar-refractivity contribution in [3.05, 3.63) is 34.9 Å². The maximum absolute atomic E-state index is 12.4. The number of hydrogen-bond donors (Lipinski definition) is 1. The molecule has 1 N–H and O–H groups in total. The predicted octanol–water partition coefficient (Wildman–Crippen LogP) is 3.29. The molecule has 122 valence electrons. The molecule has 2 rings (SSSR count). The molecule has 1 aromatic carbocycles. The molecule has 0 aliphatic heterocycles. The minimum atomic E-state index is -1.13. The molecule has 0 amide bonds. The van der Waals surface area contributed by atoms with Gasteiger partial charge in [-0.05, 0) is 64.2 Å². The van der Waals surface area contributed by atoms with Crippen molar-refractivity contribution in [3.8, 4) is 0 Å². The van der Waals surface area contributed by atoms with Crippen molar-refractivity contribution in [1.82, 2.24) is 4.72 Å². The Labute approximate surface area is 135 Å². The first-order valence-corrected chi connectivity index (χ1v) is 8.96. The zero-order chi connectivity index (χ0) is 16.3. The van der Waals surface area contributed by atoms with Gasteiger partial charge in [0.2, 0.25) is 0 Å². The van der Waals surface area contributed by atoms with Gasteiger partial charge in [-0.3, -0.25) is 0 Å². The van der Waals surface area contributed by atoms with Crippen LogP contribution >= 0.6 is 0 Å². The van der Waals surface area contributed by atoms with Crippen molar-refractivity contribution in [2.24, 2.45) is 0 Å². The Hall–Kier alpha value is -1.20. The molecule has 0 saturated heterocycles. The Morgan fingerprint density at radius 2 is 2.14 bits per heavy atom. The molecule has 1 aliphatic carbocycles. The average molecular weight is 323 g/mol. The molecule has 1 aromatic rings. The van der Waals surface area contributed by atoms with Gasteiger partial charge in [-0.1, -0.05) is 12.1 Å². The Balaban J connectivity index is 2.30. The van der Waals surface area contributed by atoms with Crippen LogP contribution in [0, 0.1) is 0 Å². The third-order valence-electron chi connectivity index (χ3n) is 3.81. The molecule has 0 aromatic heterocycles. The van der Waals surface area contributed by atoms with Crippen molar-refractivity contribution in [3.63, 3.8) is 0 Å². The lowest BCUT2D eigenvalue weighted by molar-refractivity contribution is 0.0524. The van der Waals surface area contributed by atoms with Gasteiger partial charge in [0.1, 0.15) is 0 Å². The SMILES string of the molecule is CCOC(=O)c1cccc2c1CCC[C@@H]2N[S@](=O)C(C)(C)C. The van der Waals surface area contributed by atoms with Crippen molar-refractivity contribution in [2.75, 3.05) is 6.61 Å². The molecular formula is C17H25NO3S. The lowest BCUT2D eigenvalue weighted by Crippen LogP contribution is -2.37. The zero-order valence-corrected chi connectivity index (χ0v) is 14.6. The summed E-state index contributed by atoms with van der Waals surface area (Å²) in [5.74, 6) is -0.267. The molecular weight excluding hydrogens is 298 g/mol. The summed E-state index contributed by atoms with van der Waals surface area (Å²) in [6.07, 6.45) is 2.77. The van der Waals surface area contributed by atoms with Gasteiger partial charge in [0.25, 0.3) is 0 Å². The first-order chi connectivity index (χ1) is 10.3. The van der Waals surface area contributed by atoms with Crippen LogP contribution in [0.2, 0.25) is 0 Å². The van der Waals surface area contributed by atoms with Crippen LogP contribution in [0.4, 0.5) is 0 Å². The van der Waals surface area contributed by atoms with Crippen LogP contribution in [-0.2, 0) is 22.1 Å². The highest BCUT2D eigenvalue weighted by Crippen LogP contribution is 2.33. The monoisotopic (exact) mass is 323 g/mol. The minimum Gasteiger partial charge on any atom is -0.462 e. The fraction of sp³-hybridized carbons (Fsp3) is 0.588. The van der Waals surface area contributed by atoms with E-state index in [-0.39, 0.29) is 16.8 Å². The van der Waals surface area contributed by atoms with E-state index < -0.39 is 11.0 Å². The molecule has 2 atom stereocenters. The van der Waals surface area contributed by atoms with Crippen LogP contribution in [0.1, 0.15) is 68.1 Å². The van der Waals surface area contributed by atoms with E-state index in [9.17, 15) is 9.00 Å². The van der Waals surface area contributed by atoms with Gasteiger partial charge in [0.05, 0.1) is 27.9 Å². The number of fused-ring (bicyclic) bond motifs is 1. The topological polar surface area (TPSA) is 55.4 Å². The predicted molar refractivity (Wildman–Crippen MR) is 89.1 cm³/mol. The van der Waals surface area contributed by atoms with E-state index in [0.717, 1.165) is 30.4 Å². The zero-order valence-electron chi connectivity index (χ0n) is 13.8. The van der Waals surface area contributed by atoms with Crippen molar-refractivity contribution in [2.45, 2.75) is 57.7 Å². The largest absolute Gasteiger partial charge is 0.462 e. The second-order valence-corrected chi connectivity index (χ2v) is 8.54. The highest BCUT2D eigenvalue weighted by atomic mass is 32.2. The molecule has 0 saturated carbocycles. The molecule has 0 unspecified atom stereocenters. The number of carbonyl (C=O) groups is 1. The van der Waals surface area contributed by atoms with Crippen LogP contribution in [0.3, 0.4) is 0 Å². The van der Waals surface area contributed by atoms with Crippen LogP contribution in [-0.4, -0.2) is 21.5 Å². The van der Waals surface area contributed by atoms with Crippen LogP contribution in [0.25, 0.3) is 0 Å². The Kier molecular flexibility index (Phi) is 5.40. The molecule has 0 fully saturated rings. The normalized spacial score (nSPS) is 19.4. The maximum atomic E-state index is 12.4. The van der Waals surface area contributed by atoms with E-state index in [4.69, 9.17) is 4.74 Å².